The maximum Gasteiger partial charge on any atom is 0.240 e. The molecule has 17 heavy (non-hydrogen) atoms. The summed E-state index contributed by atoms with van der Waals surface area (Å²) < 4.78 is 5.18. The van der Waals surface area contributed by atoms with Crippen LogP contribution in [0.5, 0.6) is 0 Å². The first kappa shape index (κ1) is 14.1. The molecule has 1 atom stereocenters. The van der Waals surface area contributed by atoms with Gasteiger partial charge in [-0.15, -0.1) is 0 Å². The fourth-order valence-electron chi connectivity index (χ4n) is 1.52. The molecule has 1 N–H and O–H groups in total. The largest absolute Gasteiger partial charge is 0.393 e. The van der Waals surface area contributed by atoms with Crippen LogP contribution in [-0.2, 0) is 13.0 Å². The van der Waals surface area contributed by atoms with E-state index >= 15 is 0 Å². The lowest BCUT2D eigenvalue weighted by Gasteiger charge is -2.14. The summed E-state index contributed by atoms with van der Waals surface area (Å²) in [5.41, 5.74) is 0. The van der Waals surface area contributed by atoms with Gasteiger partial charge in [0, 0.05) is 13.0 Å². The van der Waals surface area contributed by atoms with Crippen LogP contribution in [0.25, 0.3) is 0 Å². The summed E-state index contributed by atoms with van der Waals surface area (Å²) in [5, 5.41) is 13.1. The van der Waals surface area contributed by atoms with E-state index < -0.39 is 0 Å². The van der Waals surface area contributed by atoms with Gasteiger partial charge in [0.2, 0.25) is 5.89 Å². The molecule has 0 spiro atoms. The van der Waals surface area contributed by atoms with Gasteiger partial charge in [-0.2, -0.15) is 4.98 Å². The van der Waals surface area contributed by atoms with Gasteiger partial charge in [0.05, 0.1) is 12.6 Å². The van der Waals surface area contributed by atoms with Gasteiger partial charge >= 0.3 is 0 Å². The molecule has 0 saturated carbocycles. The molecule has 0 aliphatic rings. The van der Waals surface area contributed by atoms with Crippen molar-refractivity contribution in [2.45, 2.75) is 46.3 Å². The number of aliphatic hydroxyl groups excluding tert-OH is 1. The monoisotopic (exact) mass is 241 g/mol. The van der Waals surface area contributed by atoms with Crippen molar-refractivity contribution in [1.82, 2.24) is 15.0 Å². The Bertz CT molecular complexity index is 323. The van der Waals surface area contributed by atoms with Gasteiger partial charge in [-0.05, 0) is 26.3 Å². The Morgan fingerprint density at radius 1 is 1.35 bits per heavy atom. The van der Waals surface area contributed by atoms with E-state index in [1.165, 1.54) is 0 Å². The second kappa shape index (κ2) is 6.71. The zero-order valence-corrected chi connectivity index (χ0v) is 11.2. The standard InChI is InChI=1S/C12H23N3O2/c1-9(2)7-11-13-12(17-14-11)8-15(4)6-5-10(3)16/h9-10,16H,5-8H2,1-4H3. The molecule has 0 aliphatic carbocycles. The Hall–Kier alpha value is -0.940. The SMILES string of the molecule is CC(C)Cc1noc(CN(C)CCC(C)O)n1. The molecule has 5 nitrogen and oxygen atoms in total. The first-order chi connectivity index (χ1) is 7.97. The van der Waals surface area contributed by atoms with E-state index in [1.807, 2.05) is 7.05 Å². The lowest BCUT2D eigenvalue weighted by atomic mass is 10.1. The van der Waals surface area contributed by atoms with Gasteiger partial charge in [-0.1, -0.05) is 19.0 Å². The maximum atomic E-state index is 9.19. The Morgan fingerprint density at radius 2 is 2.06 bits per heavy atom. The third kappa shape index (κ3) is 5.79. The van der Waals surface area contributed by atoms with Crippen molar-refractivity contribution in [3.8, 4) is 0 Å². The lowest BCUT2D eigenvalue weighted by Crippen LogP contribution is -2.22. The molecular weight excluding hydrogens is 218 g/mol. The van der Waals surface area contributed by atoms with Gasteiger partial charge in [0.15, 0.2) is 5.82 Å². The summed E-state index contributed by atoms with van der Waals surface area (Å²) in [6.07, 6.45) is 1.33. The summed E-state index contributed by atoms with van der Waals surface area (Å²) in [5.74, 6) is 1.96. The average Bonchev–Trinajstić information content (AvgIpc) is 2.61. The number of hydrogen-bond donors (Lipinski definition) is 1. The smallest absolute Gasteiger partial charge is 0.240 e. The minimum absolute atomic E-state index is 0.267. The van der Waals surface area contributed by atoms with Crippen molar-refractivity contribution >= 4 is 0 Å². The van der Waals surface area contributed by atoms with Crippen LogP contribution in [0, 0.1) is 5.92 Å². The van der Waals surface area contributed by atoms with E-state index in [1.54, 1.807) is 6.92 Å². The molecule has 0 amide bonds. The number of aromatic nitrogens is 2. The number of hydrogen-bond acceptors (Lipinski definition) is 5. The third-order valence-corrected chi connectivity index (χ3v) is 2.43. The number of aliphatic hydroxyl groups is 1. The Labute approximate surface area is 103 Å². The van der Waals surface area contributed by atoms with Crippen LogP contribution in [0.3, 0.4) is 0 Å². The topological polar surface area (TPSA) is 62.4 Å². The van der Waals surface area contributed by atoms with E-state index in [4.69, 9.17) is 4.52 Å². The highest BCUT2D eigenvalue weighted by molar-refractivity contribution is 4.87. The predicted molar refractivity (Wildman–Crippen MR) is 65.5 cm³/mol. The van der Waals surface area contributed by atoms with Crippen LogP contribution in [0.4, 0.5) is 0 Å². The van der Waals surface area contributed by atoms with Crippen molar-refractivity contribution in [2.24, 2.45) is 5.92 Å². The van der Waals surface area contributed by atoms with E-state index in [0.29, 0.717) is 18.4 Å². The fraction of sp³-hybridized carbons (Fsp3) is 0.833. The van der Waals surface area contributed by atoms with Crippen molar-refractivity contribution in [3.63, 3.8) is 0 Å². The lowest BCUT2D eigenvalue weighted by molar-refractivity contribution is 0.158. The van der Waals surface area contributed by atoms with Gasteiger partial charge in [-0.25, -0.2) is 0 Å². The molecule has 5 heteroatoms. The van der Waals surface area contributed by atoms with Crippen molar-refractivity contribution in [2.75, 3.05) is 13.6 Å². The second-order valence-electron chi connectivity index (χ2n) is 5.08. The van der Waals surface area contributed by atoms with E-state index in [-0.39, 0.29) is 6.10 Å². The molecular formula is C12H23N3O2. The van der Waals surface area contributed by atoms with Gasteiger partial charge in [-0.3, -0.25) is 4.90 Å². The zero-order valence-electron chi connectivity index (χ0n) is 11.2. The van der Waals surface area contributed by atoms with Crippen molar-refractivity contribution < 1.29 is 9.63 Å². The van der Waals surface area contributed by atoms with E-state index in [2.05, 4.69) is 28.9 Å². The Kier molecular flexibility index (Phi) is 5.58. The molecule has 1 rings (SSSR count). The summed E-state index contributed by atoms with van der Waals surface area (Å²) in [4.78, 5) is 6.40. The van der Waals surface area contributed by atoms with Crippen LogP contribution >= 0.6 is 0 Å². The van der Waals surface area contributed by atoms with Crippen molar-refractivity contribution in [3.05, 3.63) is 11.7 Å². The highest BCUT2D eigenvalue weighted by atomic mass is 16.5. The molecule has 0 bridgehead atoms. The molecule has 0 fully saturated rings. The fourth-order valence-corrected chi connectivity index (χ4v) is 1.52. The number of rotatable bonds is 7. The molecule has 0 aliphatic heterocycles. The Balaban J connectivity index is 2.37. The minimum atomic E-state index is -0.267. The minimum Gasteiger partial charge on any atom is -0.393 e. The van der Waals surface area contributed by atoms with Crippen LogP contribution < -0.4 is 0 Å². The molecule has 1 heterocycles. The molecule has 1 aromatic heterocycles. The molecule has 1 unspecified atom stereocenters. The van der Waals surface area contributed by atoms with Gasteiger partial charge < -0.3 is 9.63 Å². The van der Waals surface area contributed by atoms with Crippen molar-refractivity contribution in [1.29, 1.82) is 0 Å². The predicted octanol–water partition coefficient (Wildman–Crippen LogP) is 1.47. The summed E-state index contributed by atoms with van der Waals surface area (Å²) >= 11 is 0. The third-order valence-electron chi connectivity index (χ3n) is 2.43. The Morgan fingerprint density at radius 3 is 2.65 bits per heavy atom. The molecule has 0 radical (unpaired) electrons. The second-order valence-corrected chi connectivity index (χ2v) is 5.08. The van der Waals surface area contributed by atoms with E-state index in [9.17, 15) is 5.11 Å². The molecule has 98 valence electrons. The summed E-state index contributed by atoms with van der Waals surface area (Å²) in [6.45, 7) is 7.51. The first-order valence-electron chi connectivity index (χ1n) is 6.15. The quantitative estimate of drug-likeness (QED) is 0.783. The number of nitrogens with zero attached hydrogens (tertiary/aromatic N) is 3. The molecule has 1 aromatic rings. The van der Waals surface area contributed by atoms with Crippen LogP contribution in [0.15, 0.2) is 4.52 Å². The normalized spacial score (nSPS) is 13.6. The van der Waals surface area contributed by atoms with Crippen LogP contribution in [-0.4, -0.2) is 39.8 Å². The highest BCUT2D eigenvalue weighted by Gasteiger charge is 2.10. The van der Waals surface area contributed by atoms with Crippen LogP contribution in [0.1, 0.15) is 38.9 Å². The zero-order chi connectivity index (χ0) is 12.8. The maximum absolute atomic E-state index is 9.19. The summed E-state index contributed by atoms with van der Waals surface area (Å²) in [6, 6.07) is 0. The average molecular weight is 241 g/mol. The molecule has 0 aromatic carbocycles. The van der Waals surface area contributed by atoms with E-state index in [0.717, 1.165) is 25.2 Å². The first-order valence-corrected chi connectivity index (χ1v) is 6.15. The highest BCUT2D eigenvalue weighted by Crippen LogP contribution is 2.06. The van der Waals surface area contributed by atoms with Crippen LogP contribution in [0.2, 0.25) is 0 Å². The summed E-state index contributed by atoms with van der Waals surface area (Å²) in [7, 11) is 1.98. The van der Waals surface area contributed by atoms with Gasteiger partial charge in [0.1, 0.15) is 0 Å². The van der Waals surface area contributed by atoms with Gasteiger partial charge in [0.25, 0.3) is 0 Å². The molecule has 0 saturated heterocycles.